The first-order valence-electron chi connectivity index (χ1n) is 8.61. The van der Waals surface area contributed by atoms with Crippen LogP contribution in [0.5, 0.6) is 0 Å². The van der Waals surface area contributed by atoms with Gasteiger partial charge in [-0.15, -0.1) is 12.4 Å². The molecular formula is C19H24ClN3O3S. The molecule has 3 N–H and O–H groups in total. The number of hydrogen-bond acceptors (Lipinski definition) is 4. The highest BCUT2D eigenvalue weighted by Gasteiger charge is 2.21. The van der Waals surface area contributed by atoms with Crippen LogP contribution in [0.3, 0.4) is 0 Å². The third-order valence-corrected chi connectivity index (χ3v) is 5.87. The van der Waals surface area contributed by atoms with Crippen LogP contribution in [0.25, 0.3) is 0 Å². The summed E-state index contributed by atoms with van der Waals surface area (Å²) in [5, 5.41) is 6.15. The van der Waals surface area contributed by atoms with E-state index in [1.165, 1.54) is 12.1 Å². The van der Waals surface area contributed by atoms with Gasteiger partial charge < -0.3 is 10.6 Å². The van der Waals surface area contributed by atoms with Crippen LogP contribution in [0.1, 0.15) is 27.9 Å². The zero-order valence-electron chi connectivity index (χ0n) is 15.1. The first kappa shape index (κ1) is 21.4. The van der Waals surface area contributed by atoms with Gasteiger partial charge in [-0.05, 0) is 43.1 Å². The van der Waals surface area contributed by atoms with Crippen molar-refractivity contribution < 1.29 is 13.2 Å². The Bertz CT molecular complexity index is 882. The molecule has 2 aromatic carbocycles. The predicted molar refractivity (Wildman–Crippen MR) is 108 cm³/mol. The fourth-order valence-electron chi connectivity index (χ4n) is 2.91. The third-order valence-electron chi connectivity index (χ3n) is 4.47. The van der Waals surface area contributed by atoms with Crippen molar-refractivity contribution in [2.45, 2.75) is 30.8 Å². The first-order chi connectivity index (χ1) is 12.5. The van der Waals surface area contributed by atoms with Gasteiger partial charge in [0.1, 0.15) is 0 Å². The lowest BCUT2D eigenvalue weighted by Crippen LogP contribution is -2.36. The Balaban J connectivity index is 0.00000261. The number of nitrogens with one attached hydrogen (secondary N) is 3. The zero-order chi connectivity index (χ0) is 18.6. The minimum Gasteiger partial charge on any atom is -0.348 e. The second-order valence-electron chi connectivity index (χ2n) is 6.45. The van der Waals surface area contributed by atoms with E-state index in [2.05, 4.69) is 15.4 Å². The van der Waals surface area contributed by atoms with E-state index in [0.717, 1.165) is 30.6 Å². The summed E-state index contributed by atoms with van der Waals surface area (Å²) < 4.78 is 27.7. The van der Waals surface area contributed by atoms with Crippen LogP contribution in [-0.4, -0.2) is 33.5 Å². The molecule has 6 nitrogen and oxygen atoms in total. The number of amides is 1. The quantitative estimate of drug-likeness (QED) is 0.680. The van der Waals surface area contributed by atoms with Crippen LogP contribution >= 0.6 is 12.4 Å². The maximum atomic E-state index is 12.6. The Morgan fingerprint density at radius 2 is 1.93 bits per heavy atom. The van der Waals surface area contributed by atoms with Gasteiger partial charge in [0.15, 0.2) is 0 Å². The molecule has 0 aromatic heterocycles. The molecule has 1 aliphatic rings. The monoisotopic (exact) mass is 409 g/mol. The van der Waals surface area contributed by atoms with Crippen LogP contribution in [0.2, 0.25) is 0 Å². The lowest BCUT2D eigenvalue weighted by molar-refractivity contribution is 0.0939. The highest BCUT2D eigenvalue weighted by Crippen LogP contribution is 2.17. The summed E-state index contributed by atoms with van der Waals surface area (Å²) in [6, 6.07) is 14.0. The molecule has 1 amide bonds. The van der Waals surface area contributed by atoms with Crippen LogP contribution in [0.15, 0.2) is 53.4 Å². The second-order valence-corrected chi connectivity index (χ2v) is 8.22. The Morgan fingerprint density at radius 1 is 1.19 bits per heavy atom. The lowest BCUT2D eigenvalue weighted by Gasteiger charge is -2.14. The average molecular weight is 410 g/mol. The topological polar surface area (TPSA) is 87.3 Å². The number of benzene rings is 2. The van der Waals surface area contributed by atoms with Crippen molar-refractivity contribution in [2.24, 2.45) is 0 Å². The summed E-state index contributed by atoms with van der Waals surface area (Å²) >= 11 is 0. The molecule has 3 rings (SSSR count). The predicted octanol–water partition coefficient (Wildman–Crippen LogP) is 1.99. The van der Waals surface area contributed by atoms with Gasteiger partial charge in [-0.1, -0.05) is 36.4 Å². The molecule has 1 fully saturated rings. The van der Waals surface area contributed by atoms with Gasteiger partial charge >= 0.3 is 0 Å². The lowest BCUT2D eigenvalue weighted by atomic mass is 10.1. The van der Waals surface area contributed by atoms with Crippen molar-refractivity contribution in [1.82, 2.24) is 15.4 Å². The zero-order valence-corrected chi connectivity index (χ0v) is 16.7. The fourth-order valence-corrected chi connectivity index (χ4v) is 3.95. The highest BCUT2D eigenvalue weighted by atomic mass is 35.5. The van der Waals surface area contributed by atoms with Gasteiger partial charge in [0.05, 0.1) is 4.90 Å². The number of hydrogen-bond donors (Lipinski definition) is 3. The van der Waals surface area contributed by atoms with E-state index in [-0.39, 0.29) is 35.8 Å². The van der Waals surface area contributed by atoms with Crippen molar-refractivity contribution in [2.75, 3.05) is 13.1 Å². The number of rotatable bonds is 6. The largest absolute Gasteiger partial charge is 0.348 e. The Hall–Kier alpha value is -1.93. The molecule has 1 heterocycles. The fraction of sp³-hybridized carbons (Fsp3) is 0.316. The standard InChI is InChI=1S/C19H23N3O3S.ClH/c1-14-7-8-17(11-18(14)19(23)22-16-9-10-20-13-16)26(24,25)21-12-15-5-3-2-4-6-15;/h2-8,11,16,20-21H,9-10,12-13H2,1H3,(H,22,23);1H. The van der Waals surface area contributed by atoms with Crippen molar-refractivity contribution in [3.8, 4) is 0 Å². The Kier molecular flexibility index (Phi) is 7.38. The van der Waals surface area contributed by atoms with Crippen molar-refractivity contribution in [3.05, 3.63) is 65.2 Å². The molecule has 1 unspecified atom stereocenters. The number of aryl methyl sites for hydroxylation is 1. The van der Waals surface area contributed by atoms with Crippen molar-refractivity contribution in [3.63, 3.8) is 0 Å². The summed E-state index contributed by atoms with van der Waals surface area (Å²) in [6.07, 6.45) is 0.876. The van der Waals surface area contributed by atoms with E-state index in [4.69, 9.17) is 0 Å². The molecule has 1 atom stereocenters. The number of halogens is 1. The minimum atomic E-state index is -3.70. The van der Waals surface area contributed by atoms with Gasteiger partial charge in [-0.2, -0.15) is 0 Å². The van der Waals surface area contributed by atoms with Gasteiger partial charge in [0, 0.05) is 24.7 Å². The summed E-state index contributed by atoms with van der Waals surface area (Å²) in [7, 11) is -3.70. The van der Waals surface area contributed by atoms with E-state index in [0.29, 0.717) is 5.56 Å². The molecule has 1 saturated heterocycles. The Morgan fingerprint density at radius 3 is 2.59 bits per heavy atom. The van der Waals surface area contributed by atoms with E-state index in [1.807, 2.05) is 30.3 Å². The molecule has 27 heavy (non-hydrogen) atoms. The number of sulfonamides is 1. The maximum absolute atomic E-state index is 12.6. The average Bonchev–Trinajstić information content (AvgIpc) is 3.14. The molecule has 0 radical (unpaired) electrons. The third kappa shape index (κ3) is 5.52. The molecule has 2 aromatic rings. The van der Waals surface area contributed by atoms with Gasteiger partial charge in [0.25, 0.3) is 5.91 Å². The highest BCUT2D eigenvalue weighted by molar-refractivity contribution is 7.89. The van der Waals surface area contributed by atoms with Crippen LogP contribution < -0.4 is 15.4 Å². The van der Waals surface area contributed by atoms with Crippen LogP contribution in [-0.2, 0) is 16.6 Å². The van der Waals surface area contributed by atoms with Crippen molar-refractivity contribution in [1.29, 1.82) is 0 Å². The van der Waals surface area contributed by atoms with E-state index < -0.39 is 10.0 Å². The summed E-state index contributed by atoms with van der Waals surface area (Å²) in [4.78, 5) is 12.6. The van der Waals surface area contributed by atoms with E-state index in [1.54, 1.807) is 13.0 Å². The van der Waals surface area contributed by atoms with Gasteiger partial charge in [-0.25, -0.2) is 13.1 Å². The summed E-state index contributed by atoms with van der Waals surface area (Å²) in [5.41, 5.74) is 2.00. The number of carbonyl (C=O) groups excluding carboxylic acids is 1. The molecule has 0 saturated carbocycles. The van der Waals surface area contributed by atoms with Crippen molar-refractivity contribution >= 4 is 28.3 Å². The molecule has 0 aliphatic carbocycles. The van der Waals surface area contributed by atoms with E-state index >= 15 is 0 Å². The number of carbonyl (C=O) groups is 1. The van der Waals surface area contributed by atoms with Crippen LogP contribution in [0, 0.1) is 6.92 Å². The molecule has 1 aliphatic heterocycles. The van der Waals surface area contributed by atoms with E-state index in [9.17, 15) is 13.2 Å². The Labute approximate surface area is 166 Å². The first-order valence-corrected chi connectivity index (χ1v) is 10.1. The normalized spacial score (nSPS) is 16.6. The molecular weight excluding hydrogens is 386 g/mol. The summed E-state index contributed by atoms with van der Waals surface area (Å²) in [5.74, 6) is -0.240. The molecule has 0 bridgehead atoms. The minimum absolute atomic E-state index is 0. The summed E-state index contributed by atoms with van der Waals surface area (Å²) in [6.45, 7) is 3.62. The molecule has 8 heteroatoms. The second kappa shape index (κ2) is 9.32. The maximum Gasteiger partial charge on any atom is 0.251 e. The van der Waals surface area contributed by atoms with Gasteiger partial charge in [0.2, 0.25) is 10.0 Å². The van der Waals surface area contributed by atoms with Crippen LogP contribution in [0.4, 0.5) is 0 Å². The van der Waals surface area contributed by atoms with Gasteiger partial charge in [-0.3, -0.25) is 4.79 Å². The molecule has 0 spiro atoms. The smallest absolute Gasteiger partial charge is 0.251 e. The SMILES string of the molecule is Cc1ccc(S(=O)(=O)NCc2ccccc2)cc1C(=O)NC1CCNC1.Cl. The molecule has 146 valence electrons.